The van der Waals surface area contributed by atoms with Crippen LogP contribution >= 0.6 is 0 Å². The first-order valence-electron chi connectivity index (χ1n) is 11.5. The number of hydrogen-bond acceptors (Lipinski definition) is 8. The number of aromatic nitrogens is 5. The quantitative estimate of drug-likeness (QED) is 0.411. The molecule has 1 aliphatic rings. The third kappa shape index (κ3) is 4.67. The van der Waals surface area contributed by atoms with Crippen LogP contribution in [0.5, 0.6) is 11.6 Å². The normalized spacial score (nSPS) is 13.4. The van der Waals surface area contributed by atoms with Gasteiger partial charge in [0, 0.05) is 32.4 Å². The fourth-order valence-corrected chi connectivity index (χ4v) is 3.92. The summed E-state index contributed by atoms with van der Waals surface area (Å²) in [6, 6.07) is 6.96. The van der Waals surface area contributed by atoms with Crippen LogP contribution in [0.15, 0.2) is 43.0 Å². The Hall–Kier alpha value is -4.56. The van der Waals surface area contributed by atoms with Crippen LogP contribution in [0.25, 0.3) is 16.0 Å². The number of nitrogens with one attached hydrogen (secondary N) is 1. The first kappa shape index (κ1) is 23.2. The highest BCUT2D eigenvalue weighted by atomic mass is 16.5. The van der Waals surface area contributed by atoms with E-state index >= 15 is 0 Å². The highest BCUT2D eigenvalue weighted by Gasteiger charge is 2.19. The molecule has 0 atom stereocenters. The van der Waals surface area contributed by atoms with E-state index in [-0.39, 0.29) is 5.91 Å². The number of anilines is 2. The Kier molecular flexibility index (Phi) is 6.42. The molecule has 1 N–H and O–H groups in total. The average Bonchev–Trinajstić information content (AvgIpc) is 3.30. The Morgan fingerprint density at radius 3 is 2.75 bits per heavy atom. The van der Waals surface area contributed by atoms with E-state index in [1.807, 2.05) is 14.0 Å². The van der Waals surface area contributed by atoms with Gasteiger partial charge in [-0.15, -0.1) is 4.98 Å². The molecular weight excluding hydrogens is 460 g/mol. The first-order valence-corrected chi connectivity index (χ1v) is 11.5. The van der Waals surface area contributed by atoms with Crippen molar-refractivity contribution in [1.82, 2.24) is 29.4 Å². The van der Waals surface area contributed by atoms with Crippen LogP contribution in [0.2, 0.25) is 0 Å². The number of morpholine rings is 1. The first-order chi connectivity index (χ1) is 17.6. The summed E-state index contributed by atoms with van der Waals surface area (Å²) in [6.07, 6.45) is 5.46. The number of carbonyl (C=O) groups is 1. The zero-order valence-corrected chi connectivity index (χ0v) is 19.9. The number of imidazole rings is 1. The van der Waals surface area contributed by atoms with Crippen molar-refractivity contribution in [2.24, 2.45) is 7.05 Å². The molecule has 0 aliphatic carbocycles. The maximum absolute atomic E-state index is 12.7. The molecule has 1 fully saturated rings. The van der Waals surface area contributed by atoms with Gasteiger partial charge in [0.2, 0.25) is 5.88 Å². The number of amides is 1. The van der Waals surface area contributed by atoms with E-state index in [0.29, 0.717) is 78.4 Å². The minimum absolute atomic E-state index is 0.0614. The lowest BCUT2D eigenvalue weighted by Gasteiger charge is -2.26. The number of fused-ring (bicyclic) bond motifs is 1. The van der Waals surface area contributed by atoms with Gasteiger partial charge in [-0.1, -0.05) is 13.5 Å². The van der Waals surface area contributed by atoms with Crippen LogP contribution in [-0.4, -0.2) is 61.6 Å². The lowest BCUT2D eigenvalue weighted by Crippen LogP contribution is -2.40. The molecule has 0 aromatic carbocycles. The van der Waals surface area contributed by atoms with Gasteiger partial charge < -0.3 is 29.1 Å². The van der Waals surface area contributed by atoms with Crippen molar-refractivity contribution in [2.75, 3.05) is 31.6 Å². The highest BCUT2D eigenvalue weighted by molar-refractivity contribution is 5.94. The zero-order valence-electron chi connectivity index (χ0n) is 19.9. The van der Waals surface area contributed by atoms with Crippen LogP contribution in [0.4, 0.5) is 17.3 Å². The predicted molar refractivity (Wildman–Crippen MR) is 133 cm³/mol. The third-order valence-electron chi connectivity index (χ3n) is 5.86. The van der Waals surface area contributed by atoms with E-state index < -0.39 is 0 Å². The van der Waals surface area contributed by atoms with Crippen LogP contribution in [0, 0.1) is 6.57 Å². The number of aryl methyl sites for hydroxylation is 2. The highest BCUT2D eigenvalue weighted by Crippen LogP contribution is 2.32. The summed E-state index contributed by atoms with van der Waals surface area (Å²) in [5.41, 5.74) is 3.31. The Labute approximate surface area is 207 Å². The second-order valence-corrected chi connectivity index (χ2v) is 8.22. The van der Waals surface area contributed by atoms with Crippen molar-refractivity contribution in [3.8, 4) is 11.6 Å². The summed E-state index contributed by atoms with van der Waals surface area (Å²) in [5.74, 6) is 1.69. The van der Waals surface area contributed by atoms with Gasteiger partial charge in [-0.25, -0.2) is 9.97 Å². The number of ether oxygens (including phenoxy) is 2. The summed E-state index contributed by atoms with van der Waals surface area (Å²) in [7, 11) is 1.85. The predicted octanol–water partition coefficient (Wildman–Crippen LogP) is 3.88. The van der Waals surface area contributed by atoms with Crippen LogP contribution in [0.3, 0.4) is 0 Å². The van der Waals surface area contributed by atoms with Gasteiger partial charge in [-0.2, -0.15) is 4.98 Å². The SMILES string of the molecule is [C-]#[N+]c1cc(CC)c(Oc2cc(Nc3ccc(C(=O)N4CCOCC4)cn3)c3ncn(C)c3n2)cn1. The summed E-state index contributed by atoms with van der Waals surface area (Å²) < 4.78 is 13.2. The molecule has 11 nitrogen and oxygen atoms in total. The number of hydrogen-bond donors (Lipinski definition) is 1. The molecule has 36 heavy (non-hydrogen) atoms. The molecule has 1 saturated heterocycles. The molecule has 0 saturated carbocycles. The monoisotopic (exact) mass is 484 g/mol. The molecule has 1 aliphatic heterocycles. The van der Waals surface area contributed by atoms with Crippen molar-refractivity contribution in [1.29, 1.82) is 0 Å². The van der Waals surface area contributed by atoms with E-state index in [1.54, 1.807) is 52.5 Å². The summed E-state index contributed by atoms with van der Waals surface area (Å²) in [5, 5.41) is 3.27. The minimum Gasteiger partial charge on any atom is -0.435 e. The van der Waals surface area contributed by atoms with Gasteiger partial charge in [-0.05, 0) is 30.2 Å². The number of rotatable bonds is 6. The van der Waals surface area contributed by atoms with Gasteiger partial charge in [-0.3, -0.25) is 4.79 Å². The van der Waals surface area contributed by atoms with E-state index in [9.17, 15) is 4.79 Å². The molecule has 182 valence electrons. The summed E-state index contributed by atoms with van der Waals surface area (Å²) in [4.78, 5) is 35.5. The molecule has 0 unspecified atom stereocenters. The molecular formula is C25H24N8O3. The van der Waals surface area contributed by atoms with Gasteiger partial charge in [0.25, 0.3) is 11.7 Å². The van der Waals surface area contributed by atoms with E-state index in [4.69, 9.17) is 16.0 Å². The lowest BCUT2D eigenvalue weighted by atomic mass is 10.2. The third-order valence-corrected chi connectivity index (χ3v) is 5.86. The zero-order chi connectivity index (χ0) is 25.1. The van der Waals surface area contributed by atoms with Crippen LogP contribution in [0.1, 0.15) is 22.8 Å². The molecule has 0 spiro atoms. The molecule has 5 heterocycles. The molecule has 4 aromatic rings. The Morgan fingerprint density at radius 1 is 1.19 bits per heavy atom. The van der Waals surface area contributed by atoms with Gasteiger partial charge in [0.15, 0.2) is 17.6 Å². The molecule has 0 radical (unpaired) electrons. The van der Waals surface area contributed by atoms with Crippen molar-refractivity contribution >= 4 is 34.4 Å². The Bertz CT molecular complexity index is 1450. The molecule has 4 aromatic heterocycles. The molecule has 5 rings (SSSR count). The molecule has 11 heteroatoms. The van der Waals surface area contributed by atoms with E-state index in [0.717, 1.165) is 5.56 Å². The van der Waals surface area contributed by atoms with Crippen LogP contribution in [-0.2, 0) is 18.2 Å². The average molecular weight is 485 g/mol. The number of nitrogens with zero attached hydrogens (tertiary/aromatic N) is 7. The Morgan fingerprint density at radius 2 is 2.03 bits per heavy atom. The fraction of sp³-hybridized carbons (Fsp3) is 0.280. The summed E-state index contributed by atoms with van der Waals surface area (Å²) >= 11 is 0. The number of pyridine rings is 3. The van der Waals surface area contributed by atoms with Crippen molar-refractivity contribution in [3.63, 3.8) is 0 Å². The Balaban J connectivity index is 1.42. The van der Waals surface area contributed by atoms with Crippen molar-refractivity contribution < 1.29 is 14.3 Å². The smallest absolute Gasteiger partial charge is 0.270 e. The van der Waals surface area contributed by atoms with Gasteiger partial charge >= 0.3 is 0 Å². The van der Waals surface area contributed by atoms with Gasteiger partial charge in [0.05, 0.1) is 30.8 Å². The molecule has 0 bridgehead atoms. The number of carbonyl (C=O) groups excluding carboxylic acids is 1. The van der Waals surface area contributed by atoms with E-state index in [1.165, 1.54) is 0 Å². The minimum atomic E-state index is -0.0614. The topological polar surface area (TPSA) is 112 Å². The van der Waals surface area contributed by atoms with Crippen molar-refractivity contribution in [2.45, 2.75) is 13.3 Å². The standard InChI is InChI=1S/C25H24N8O3/c1-4-16-11-21(26-2)28-14-19(16)36-22-12-18(23-24(31-22)32(3)15-29-23)30-20-6-5-17(13-27-20)25(34)33-7-9-35-10-8-33/h5-6,11-15H,4,7-10H2,1,3H3,(H,27,30,31). The van der Waals surface area contributed by atoms with Crippen molar-refractivity contribution in [3.05, 3.63) is 65.5 Å². The maximum atomic E-state index is 12.7. The summed E-state index contributed by atoms with van der Waals surface area (Å²) in [6.45, 7) is 11.4. The second-order valence-electron chi connectivity index (χ2n) is 8.22. The van der Waals surface area contributed by atoms with E-state index in [2.05, 4.69) is 30.1 Å². The maximum Gasteiger partial charge on any atom is 0.270 e. The largest absolute Gasteiger partial charge is 0.435 e. The van der Waals surface area contributed by atoms with Crippen LogP contribution < -0.4 is 10.1 Å². The van der Waals surface area contributed by atoms with Gasteiger partial charge in [0.1, 0.15) is 11.3 Å². The fourth-order valence-electron chi connectivity index (χ4n) is 3.92. The molecule has 1 amide bonds. The second kappa shape index (κ2) is 9.97. The lowest BCUT2D eigenvalue weighted by molar-refractivity contribution is 0.0302.